The lowest BCUT2D eigenvalue weighted by Crippen LogP contribution is -2.20. The Balaban J connectivity index is 2.46. The van der Waals surface area contributed by atoms with Crippen molar-refractivity contribution in [3.8, 4) is 10.6 Å². The predicted molar refractivity (Wildman–Crippen MR) is 99.1 cm³/mol. The number of H-pyrrole nitrogens is 1. The summed E-state index contributed by atoms with van der Waals surface area (Å²) < 4.78 is 42.3. The van der Waals surface area contributed by atoms with Gasteiger partial charge in [-0.15, -0.1) is 17.9 Å². The molecule has 3 aromatic heterocycles. The van der Waals surface area contributed by atoms with Gasteiger partial charge in [0.25, 0.3) is 5.56 Å². The van der Waals surface area contributed by atoms with Crippen LogP contribution >= 0.6 is 23.6 Å². The van der Waals surface area contributed by atoms with Crippen LogP contribution in [0.3, 0.4) is 0 Å². The van der Waals surface area contributed by atoms with Crippen LogP contribution in [0.5, 0.6) is 0 Å². The van der Waals surface area contributed by atoms with Crippen LogP contribution in [0.2, 0.25) is 0 Å². The van der Waals surface area contributed by atoms with Gasteiger partial charge in [-0.05, 0) is 36.8 Å². The number of allylic oxidation sites excluding steroid dienone is 1. The molecule has 0 saturated carbocycles. The molecule has 0 bridgehead atoms. The molecule has 1 N–H and O–H groups in total. The Hall–Kier alpha value is -2.26. The molecule has 0 saturated heterocycles. The molecule has 3 rings (SSSR count). The number of fused-ring (bicyclic) bond motifs is 1. The van der Waals surface area contributed by atoms with Crippen LogP contribution in [0.4, 0.5) is 13.2 Å². The molecule has 3 heterocycles. The third-order valence-electron chi connectivity index (χ3n) is 3.83. The zero-order valence-electron chi connectivity index (χ0n) is 13.7. The van der Waals surface area contributed by atoms with E-state index < -0.39 is 22.7 Å². The SMILES string of the molecule is C=CCn1c(=S)[nH]c(=O)c2c(C(F)(F)F)cc(-c3ccc(CC)s3)nc21. The smallest absolute Gasteiger partial charge is 0.299 e. The van der Waals surface area contributed by atoms with Crippen molar-refractivity contribution in [2.45, 2.75) is 26.1 Å². The Morgan fingerprint density at radius 3 is 2.73 bits per heavy atom. The molecule has 9 heteroatoms. The fourth-order valence-electron chi connectivity index (χ4n) is 2.63. The van der Waals surface area contributed by atoms with E-state index >= 15 is 0 Å². The lowest BCUT2D eigenvalue weighted by Gasteiger charge is -2.14. The average molecular weight is 397 g/mol. The summed E-state index contributed by atoms with van der Waals surface area (Å²) >= 11 is 6.46. The molecule has 0 aliphatic carbocycles. The van der Waals surface area contributed by atoms with Crippen LogP contribution in [-0.2, 0) is 19.1 Å². The Labute approximate surface area is 155 Å². The number of nitrogens with zero attached hydrogens (tertiary/aromatic N) is 2. The van der Waals surface area contributed by atoms with E-state index in [2.05, 4.69) is 16.5 Å². The summed E-state index contributed by atoms with van der Waals surface area (Å²) in [5, 5.41) is -0.524. The van der Waals surface area contributed by atoms with E-state index in [9.17, 15) is 18.0 Å². The van der Waals surface area contributed by atoms with Gasteiger partial charge in [-0.25, -0.2) is 4.98 Å². The number of aromatic amines is 1. The summed E-state index contributed by atoms with van der Waals surface area (Å²) in [4.78, 5) is 20.5. The van der Waals surface area contributed by atoms with Gasteiger partial charge in [0.05, 0.1) is 21.5 Å². The van der Waals surface area contributed by atoms with E-state index in [0.29, 0.717) is 4.88 Å². The maximum atomic E-state index is 13.7. The van der Waals surface area contributed by atoms with Crippen LogP contribution < -0.4 is 5.56 Å². The first-order chi connectivity index (χ1) is 12.3. The topological polar surface area (TPSA) is 50.7 Å². The Morgan fingerprint density at radius 1 is 1.42 bits per heavy atom. The number of halogens is 3. The highest BCUT2D eigenvalue weighted by Crippen LogP contribution is 2.37. The highest BCUT2D eigenvalue weighted by molar-refractivity contribution is 7.71. The molecule has 0 radical (unpaired) electrons. The Bertz CT molecular complexity index is 1110. The quantitative estimate of drug-likeness (QED) is 0.501. The van der Waals surface area contributed by atoms with Gasteiger partial charge in [-0.1, -0.05) is 13.0 Å². The molecule has 0 unspecified atom stereocenters. The van der Waals surface area contributed by atoms with E-state index in [1.807, 2.05) is 13.0 Å². The highest BCUT2D eigenvalue weighted by atomic mass is 32.1. The zero-order valence-corrected chi connectivity index (χ0v) is 15.3. The van der Waals surface area contributed by atoms with Gasteiger partial charge in [0.1, 0.15) is 5.65 Å². The molecule has 3 aromatic rings. The normalized spacial score (nSPS) is 11.8. The monoisotopic (exact) mass is 397 g/mol. The molecule has 4 nitrogen and oxygen atoms in total. The van der Waals surface area contributed by atoms with Crippen LogP contribution in [-0.4, -0.2) is 14.5 Å². The van der Waals surface area contributed by atoms with Crippen LogP contribution in [0.15, 0.2) is 35.6 Å². The second-order valence-corrected chi connectivity index (χ2v) is 7.08. The first-order valence-electron chi connectivity index (χ1n) is 7.71. The molecule has 0 amide bonds. The second-order valence-electron chi connectivity index (χ2n) is 5.53. The summed E-state index contributed by atoms with van der Waals surface area (Å²) in [6, 6.07) is 4.51. The molecule has 136 valence electrons. The van der Waals surface area contributed by atoms with Crippen molar-refractivity contribution < 1.29 is 13.2 Å². The molecular weight excluding hydrogens is 383 g/mol. The zero-order chi connectivity index (χ0) is 19.1. The maximum absolute atomic E-state index is 13.7. The minimum Gasteiger partial charge on any atom is -0.299 e. The molecule has 0 aliphatic rings. The number of aryl methyl sites for hydroxylation is 1. The number of hydrogen-bond acceptors (Lipinski definition) is 4. The summed E-state index contributed by atoms with van der Waals surface area (Å²) in [5.41, 5.74) is -1.88. The molecule has 0 spiro atoms. The lowest BCUT2D eigenvalue weighted by atomic mass is 10.1. The predicted octanol–water partition coefficient (Wildman–Crippen LogP) is 4.95. The molecule has 0 atom stereocenters. The van der Waals surface area contributed by atoms with Gasteiger partial charge < -0.3 is 0 Å². The molecule has 0 aliphatic heterocycles. The highest BCUT2D eigenvalue weighted by Gasteiger charge is 2.35. The van der Waals surface area contributed by atoms with Gasteiger partial charge in [0.2, 0.25) is 0 Å². The van der Waals surface area contributed by atoms with Crippen molar-refractivity contribution >= 4 is 34.6 Å². The number of thiophene rings is 1. The summed E-state index contributed by atoms with van der Waals surface area (Å²) in [5.74, 6) is 0. The number of aromatic nitrogens is 3. The van der Waals surface area contributed by atoms with E-state index in [4.69, 9.17) is 12.2 Å². The summed E-state index contributed by atoms with van der Waals surface area (Å²) in [6.45, 7) is 5.68. The maximum Gasteiger partial charge on any atom is 0.417 e. The lowest BCUT2D eigenvalue weighted by molar-refractivity contribution is -0.136. The third kappa shape index (κ3) is 3.24. The molecule has 26 heavy (non-hydrogen) atoms. The van der Waals surface area contributed by atoms with Crippen LogP contribution in [0.1, 0.15) is 17.4 Å². The largest absolute Gasteiger partial charge is 0.417 e. The van der Waals surface area contributed by atoms with Crippen molar-refractivity contribution in [2.75, 3.05) is 0 Å². The summed E-state index contributed by atoms with van der Waals surface area (Å²) in [6.07, 6.45) is -2.45. The molecule has 0 aromatic carbocycles. The Kier molecular flexibility index (Phi) is 4.85. The summed E-state index contributed by atoms with van der Waals surface area (Å²) in [7, 11) is 0. The van der Waals surface area contributed by atoms with Gasteiger partial charge in [0, 0.05) is 11.4 Å². The second kappa shape index (κ2) is 6.81. The molecular formula is C17H14F3N3OS2. The van der Waals surface area contributed by atoms with E-state index in [-0.39, 0.29) is 22.7 Å². The van der Waals surface area contributed by atoms with Crippen molar-refractivity contribution in [2.24, 2.45) is 0 Å². The molecule has 0 fully saturated rings. The first-order valence-corrected chi connectivity index (χ1v) is 8.93. The van der Waals surface area contributed by atoms with Crippen LogP contribution in [0.25, 0.3) is 21.6 Å². The van der Waals surface area contributed by atoms with E-state index in [1.165, 1.54) is 22.0 Å². The minimum absolute atomic E-state index is 0.000557. The number of hydrogen-bond donors (Lipinski definition) is 1. The van der Waals surface area contributed by atoms with E-state index in [0.717, 1.165) is 17.4 Å². The van der Waals surface area contributed by atoms with Crippen molar-refractivity contribution in [1.82, 2.24) is 14.5 Å². The first kappa shape index (κ1) is 18.5. The number of pyridine rings is 1. The number of nitrogens with one attached hydrogen (secondary N) is 1. The average Bonchev–Trinajstić information content (AvgIpc) is 3.06. The fourth-order valence-corrected chi connectivity index (χ4v) is 3.79. The van der Waals surface area contributed by atoms with Gasteiger partial charge in [0.15, 0.2) is 4.77 Å². The number of alkyl halides is 3. The fraction of sp³-hybridized carbons (Fsp3) is 0.235. The van der Waals surface area contributed by atoms with Gasteiger partial charge in [-0.3, -0.25) is 14.3 Å². The van der Waals surface area contributed by atoms with Crippen molar-refractivity contribution in [3.05, 3.63) is 56.4 Å². The van der Waals surface area contributed by atoms with Gasteiger partial charge >= 0.3 is 6.18 Å². The Morgan fingerprint density at radius 2 is 2.15 bits per heavy atom. The van der Waals surface area contributed by atoms with Gasteiger partial charge in [-0.2, -0.15) is 13.2 Å². The van der Waals surface area contributed by atoms with E-state index in [1.54, 1.807) is 6.07 Å². The van der Waals surface area contributed by atoms with Crippen LogP contribution in [0, 0.1) is 4.77 Å². The number of rotatable bonds is 4. The third-order valence-corrected chi connectivity index (χ3v) is 5.40. The standard InChI is InChI=1S/C17H14F3N3OS2/c1-3-7-23-14-13(15(24)22-16(23)25)10(17(18,19)20)8-11(21-14)12-6-5-9(4-2)26-12/h3,5-6,8H,1,4,7H2,2H3,(H,22,24,25). The van der Waals surface area contributed by atoms with Crippen molar-refractivity contribution in [1.29, 1.82) is 0 Å². The minimum atomic E-state index is -4.71. The van der Waals surface area contributed by atoms with Crippen molar-refractivity contribution in [3.63, 3.8) is 0 Å².